The Balaban J connectivity index is 1.29. The zero-order valence-corrected chi connectivity index (χ0v) is 28.9. The Morgan fingerprint density at radius 2 is 0.808 bits per heavy atom. The van der Waals surface area contributed by atoms with Crippen molar-refractivity contribution in [2.24, 2.45) is 0 Å². The van der Waals surface area contributed by atoms with Crippen LogP contribution in [0.1, 0.15) is 11.1 Å². The lowest BCUT2D eigenvalue weighted by Gasteiger charge is -2.14. The molecule has 0 radical (unpaired) electrons. The van der Waals surface area contributed by atoms with Crippen molar-refractivity contribution in [3.05, 3.63) is 108 Å². The Labute approximate surface area is 295 Å². The van der Waals surface area contributed by atoms with Gasteiger partial charge in [0.1, 0.15) is 51.9 Å². The van der Waals surface area contributed by atoms with Crippen molar-refractivity contribution < 1.29 is 51.9 Å². The predicted octanol–water partition coefficient (Wildman–Crippen LogP) is 1.97. The van der Waals surface area contributed by atoms with E-state index in [1.807, 2.05) is 0 Å². The summed E-state index contributed by atoms with van der Waals surface area (Å²) in [4.78, 5) is -0.386. The van der Waals surface area contributed by atoms with Crippen LogP contribution in [0.3, 0.4) is 0 Å². The maximum atomic E-state index is 12.3. The van der Waals surface area contributed by atoms with E-state index in [0.29, 0.717) is 11.1 Å². The molecular formula is C30H18N6O12S4-4. The van der Waals surface area contributed by atoms with Gasteiger partial charge in [-0.3, -0.25) is 0 Å². The lowest BCUT2D eigenvalue weighted by molar-refractivity contribution is 0.460. The van der Waals surface area contributed by atoms with Gasteiger partial charge in [-0.25, -0.2) is 33.7 Å². The molecule has 18 nitrogen and oxygen atoms in total. The van der Waals surface area contributed by atoms with Crippen LogP contribution in [-0.2, 0) is 40.5 Å². The van der Waals surface area contributed by atoms with Crippen LogP contribution in [-0.4, -0.2) is 81.9 Å². The molecule has 2 heterocycles. The molecule has 6 rings (SSSR count). The van der Waals surface area contributed by atoms with Crippen LogP contribution in [0.2, 0.25) is 0 Å². The molecule has 0 aliphatic rings. The number of rotatable bonds is 10. The van der Waals surface area contributed by atoms with Crippen LogP contribution >= 0.6 is 0 Å². The maximum absolute atomic E-state index is 12.3. The first-order chi connectivity index (χ1) is 24.3. The molecule has 0 amide bonds. The van der Waals surface area contributed by atoms with Crippen LogP contribution in [0.5, 0.6) is 0 Å². The van der Waals surface area contributed by atoms with E-state index in [1.165, 1.54) is 60.9 Å². The van der Waals surface area contributed by atoms with E-state index in [0.717, 1.165) is 58.1 Å². The Morgan fingerprint density at radius 3 is 1.12 bits per heavy atom. The van der Waals surface area contributed by atoms with Crippen molar-refractivity contribution in [1.82, 2.24) is 30.0 Å². The summed E-state index contributed by atoms with van der Waals surface area (Å²) in [6.45, 7) is 0. The van der Waals surface area contributed by atoms with Crippen LogP contribution in [0.25, 0.3) is 46.0 Å². The van der Waals surface area contributed by atoms with Crippen LogP contribution in [0, 0.1) is 0 Å². The van der Waals surface area contributed by atoms with Crippen molar-refractivity contribution in [1.29, 1.82) is 0 Å². The van der Waals surface area contributed by atoms with Crippen molar-refractivity contribution in [2.75, 3.05) is 0 Å². The molecule has 2 aromatic heterocycles. The van der Waals surface area contributed by atoms with E-state index in [2.05, 4.69) is 20.4 Å². The van der Waals surface area contributed by atoms with Gasteiger partial charge in [0.2, 0.25) is 0 Å². The molecule has 0 atom stereocenters. The normalized spacial score (nSPS) is 12.8. The smallest absolute Gasteiger partial charge is 0.125 e. The molecule has 0 fully saturated rings. The van der Waals surface area contributed by atoms with Gasteiger partial charge in [0, 0.05) is 11.1 Å². The fourth-order valence-corrected chi connectivity index (χ4v) is 7.13. The quantitative estimate of drug-likeness (QED) is 0.142. The van der Waals surface area contributed by atoms with Crippen LogP contribution < -0.4 is 0 Å². The molecule has 52 heavy (non-hydrogen) atoms. The second kappa shape index (κ2) is 13.3. The minimum Gasteiger partial charge on any atom is -0.744 e. The summed E-state index contributed by atoms with van der Waals surface area (Å²) in [5.74, 6) is 0. The standard InChI is InChI=1S/C30H22N6O12S4/c37-49(38,39)25-11-5-19(6-12-25)27-17-31-35(33-27)23-9-3-21(29(15-23)51(43,44)45)1-2-22-4-10-24(16-30(22)52(46,47)48)36-32-18-28(34-36)20-7-13-26(14-8-20)50(40,41)42/h1-18H,(H,37,38,39)(H,40,41,42)(H,43,44,45)(H,46,47,48)/p-4/b2-1+. The molecule has 0 aliphatic carbocycles. The highest BCUT2D eigenvalue weighted by Gasteiger charge is 2.15. The first kappa shape index (κ1) is 36.3. The molecule has 0 spiro atoms. The van der Waals surface area contributed by atoms with E-state index < -0.39 is 60.1 Å². The van der Waals surface area contributed by atoms with Gasteiger partial charge in [0.25, 0.3) is 0 Å². The molecular weight excluding hydrogens is 765 g/mol. The van der Waals surface area contributed by atoms with Crippen LogP contribution in [0.15, 0.2) is 117 Å². The van der Waals surface area contributed by atoms with Crippen LogP contribution in [0.4, 0.5) is 0 Å². The van der Waals surface area contributed by atoms with E-state index >= 15 is 0 Å². The molecule has 0 bridgehead atoms. The van der Waals surface area contributed by atoms with Crippen molar-refractivity contribution >= 4 is 52.6 Å². The fourth-order valence-electron chi connectivity index (χ4n) is 4.81. The Hall–Kier alpha value is -5.46. The minimum absolute atomic E-state index is 0.0289. The molecule has 6 aromatic rings. The topological polar surface area (TPSA) is 290 Å². The molecule has 268 valence electrons. The largest absolute Gasteiger partial charge is 0.744 e. The van der Waals surface area contributed by atoms with Gasteiger partial charge in [-0.05, 0) is 59.7 Å². The van der Waals surface area contributed by atoms with Gasteiger partial charge in [0.15, 0.2) is 0 Å². The highest BCUT2D eigenvalue weighted by atomic mass is 32.2. The maximum Gasteiger partial charge on any atom is 0.125 e. The molecule has 0 N–H and O–H groups in total. The summed E-state index contributed by atoms with van der Waals surface area (Å²) in [5.41, 5.74) is 0.894. The monoisotopic (exact) mass is 782 g/mol. The summed E-state index contributed by atoms with van der Waals surface area (Å²) in [6.07, 6.45) is 4.77. The highest BCUT2D eigenvalue weighted by Crippen LogP contribution is 2.27. The average Bonchev–Trinajstić information content (AvgIpc) is 3.77. The molecule has 0 unspecified atom stereocenters. The first-order valence-electron chi connectivity index (χ1n) is 14.1. The fraction of sp³-hybridized carbons (Fsp3) is 0. The van der Waals surface area contributed by atoms with Gasteiger partial charge in [-0.1, -0.05) is 48.6 Å². The van der Waals surface area contributed by atoms with E-state index in [9.17, 15) is 51.9 Å². The zero-order valence-electron chi connectivity index (χ0n) is 25.6. The molecule has 22 heteroatoms. The summed E-state index contributed by atoms with van der Waals surface area (Å²) in [7, 11) is -19.6. The summed E-state index contributed by atoms with van der Waals surface area (Å²) in [5, 5.41) is 16.5. The van der Waals surface area contributed by atoms with Gasteiger partial charge < -0.3 is 18.2 Å². The lowest BCUT2D eigenvalue weighted by atomic mass is 10.1. The van der Waals surface area contributed by atoms with Crippen molar-refractivity contribution in [2.45, 2.75) is 19.6 Å². The zero-order chi connectivity index (χ0) is 37.6. The Kier molecular flexibility index (Phi) is 9.27. The third-order valence-electron chi connectivity index (χ3n) is 7.30. The minimum atomic E-state index is -5.15. The Morgan fingerprint density at radius 1 is 0.462 bits per heavy atom. The molecule has 0 saturated heterocycles. The number of hydrogen-bond donors (Lipinski definition) is 0. The van der Waals surface area contributed by atoms with E-state index in [-0.39, 0.29) is 33.9 Å². The van der Waals surface area contributed by atoms with Gasteiger partial charge >= 0.3 is 0 Å². The average molecular weight is 783 g/mol. The molecule has 0 aliphatic heterocycles. The van der Waals surface area contributed by atoms with Crippen molar-refractivity contribution in [3.63, 3.8) is 0 Å². The number of hydrogen-bond acceptors (Lipinski definition) is 16. The summed E-state index contributed by atoms with van der Waals surface area (Å²) in [6, 6.07) is 16.7. The number of benzene rings is 4. The summed E-state index contributed by atoms with van der Waals surface area (Å²) < 4.78 is 141. The number of aromatic nitrogens is 6. The highest BCUT2D eigenvalue weighted by molar-refractivity contribution is 7.86. The first-order valence-corrected chi connectivity index (χ1v) is 19.8. The summed E-state index contributed by atoms with van der Waals surface area (Å²) >= 11 is 0. The predicted molar refractivity (Wildman–Crippen MR) is 174 cm³/mol. The second-order valence-electron chi connectivity index (χ2n) is 10.7. The SMILES string of the molecule is O=S(=O)([O-])c1ccc(-c2cnn(-c3ccc(/C=C/c4ccc(-n5ncc(-c6ccc(S(=O)(=O)[O-])cc6)n5)cc4S(=O)(=O)[O-])c(S(=O)(=O)[O-])c3)n2)cc1. The van der Waals surface area contributed by atoms with Gasteiger partial charge in [-0.2, -0.15) is 19.8 Å². The molecule has 4 aromatic carbocycles. The molecule has 0 saturated carbocycles. The second-order valence-corrected chi connectivity index (χ2v) is 16.1. The lowest BCUT2D eigenvalue weighted by Crippen LogP contribution is -2.06. The number of nitrogens with zero attached hydrogens (tertiary/aromatic N) is 6. The Bertz CT molecular complexity index is 2640. The third-order valence-corrected chi connectivity index (χ3v) is 10.8. The third kappa shape index (κ3) is 7.88. The van der Waals surface area contributed by atoms with E-state index in [1.54, 1.807) is 0 Å². The van der Waals surface area contributed by atoms with Crippen molar-refractivity contribution in [3.8, 4) is 33.9 Å². The van der Waals surface area contributed by atoms with Gasteiger partial charge in [0.05, 0.1) is 43.4 Å². The van der Waals surface area contributed by atoms with Gasteiger partial charge in [-0.15, -0.1) is 10.2 Å². The van der Waals surface area contributed by atoms with E-state index in [4.69, 9.17) is 0 Å².